The van der Waals surface area contributed by atoms with Crippen molar-refractivity contribution in [3.05, 3.63) is 18.2 Å². The summed E-state index contributed by atoms with van der Waals surface area (Å²) < 4.78 is 15.3. The lowest BCUT2D eigenvalue weighted by Gasteiger charge is -2.15. The molecule has 1 aromatic rings. The number of nitrogens with two attached hydrogens (primary N) is 1. The number of carbonyl (C=O) groups excluding carboxylic acids is 1. The zero-order chi connectivity index (χ0) is 16.3. The van der Waals surface area contributed by atoms with Crippen LogP contribution in [0, 0.1) is 0 Å². The average Bonchev–Trinajstić information content (AvgIpc) is 2.54. The number of esters is 1. The van der Waals surface area contributed by atoms with Gasteiger partial charge in [-0.05, 0) is 19.1 Å². The molecule has 1 unspecified atom stereocenters. The van der Waals surface area contributed by atoms with Crippen molar-refractivity contribution in [1.82, 2.24) is 0 Å². The molecule has 21 heavy (non-hydrogen) atoms. The van der Waals surface area contributed by atoms with Crippen LogP contribution in [0.1, 0.15) is 20.8 Å². The zero-order valence-electron chi connectivity index (χ0n) is 13.4. The summed E-state index contributed by atoms with van der Waals surface area (Å²) in [5, 5.41) is 3.13. The topological polar surface area (TPSA) is 82.8 Å². The van der Waals surface area contributed by atoms with Crippen LogP contribution in [0.15, 0.2) is 18.2 Å². The minimum atomic E-state index is -0.669. The number of carbonyl (C=O) groups is 1. The van der Waals surface area contributed by atoms with Crippen LogP contribution in [0.5, 0.6) is 11.5 Å². The highest BCUT2D eigenvalue weighted by Crippen LogP contribution is 2.29. The van der Waals surface area contributed by atoms with E-state index in [2.05, 4.69) is 10.1 Å². The third kappa shape index (κ3) is 6.35. The molecule has 0 aromatic heterocycles. The molecule has 0 radical (unpaired) electrons. The van der Waals surface area contributed by atoms with Gasteiger partial charge in [0.15, 0.2) is 6.10 Å². The Morgan fingerprint density at radius 3 is 2.52 bits per heavy atom. The van der Waals surface area contributed by atoms with Gasteiger partial charge < -0.3 is 25.3 Å². The molecule has 0 aliphatic carbocycles. The van der Waals surface area contributed by atoms with E-state index in [1.54, 1.807) is 26.2 Å². The van der Waals surface area contributed by atoms with Crippen LogP contribution >= 0.6 is 0 Å². The molecule has 0 fully saturated rings. The minimum Gasteiger partial charge on any atom is -0.494 e. The van der Waals surface area contributed by atoms with Gasteiger partial charge in [0.05, 0.1) is 19.9 Å². The quantitative estimate of drug-likeness (QED) is 0.750. The van der Waals surface area contributed by atoms with Crippen LogP contribution in [-0.4, -0.2) is 39.4 Å². The van der Waals surface area contributed by atoms with E-state index in [1.165, 1.54) is 7.11 Å². The molecule has 3 N–H and O–H groups in total. The van der Waals surface area contributed by atoms with Gasteiger partial charge in [0, 0.05) is 19.2 Å². The zero-order valence-corrected chi connectivity index (χ0v) is 13.4. The molecule has 0 heterocycles. The molecule has 0 aliphatic heterocycles. The largest absolute Gasteiger partial charge is 0.494 e. The van der Waals surface area contributed by atoms with E-state index in [-0.39, 0.29) is 0 Å². The van der Waals surface area contributed by atoms with Gasteiger partial charge in [-0.2, -0.15) is 0 Å². The minimum absolute atomic E-state index is 0.427. The van der Waals surface area contributed by atoms with Gasteiger partial charge in [-0.3, -0.25) is 0 Å². The van der Waals surface area contributed by atoms with E-state index >= 15 is 0 Å². The lowest BCUT2D eigenvalue weighted by molar-refractivity contribution is -0.147. The van der Waals surface area contributed by atoms with E-state index in [1.807, 2.05) is 19.9 Å². The smallest absolute Gasteiger partial charge is 0.346 e. The van der Waals surface area contributed by atoms with Crippen molar-refractivity contribution in [2.24, 2.45) is 5.73 Å². The summed E-state index contributed by atoms with van der Waals surface area (Å²) in [5.41, 5.74) is 6.26. The Morgan fingerprint density at radius 1 is 1.33 bits per heavy atom. The molecule has 0 bridgehead atoms. The lowest BCUT2D eigenvalue weighted by atomic mass is 10.2. The Labute approximate surface area is 126 Å². The van der Waals surface area contributed by atoms with Crippen molar-refractivity contribution in [2.75, 3.05) is 32.6 Å². The van der Waals surface area contributed by atoms with Gasteiger partial charge in [0.1, 0.15) is 11.5 Å². The maximum atomic E-state index is 11.3. The predicted octanol–water partition coefficient (Wildman–Crippen LogP) is 2.03. The summed E-state index contributed by atoms with van der Waals surface area (Å²) >= 11 is 0. The Bertz CT molecular complexity index is 424. The summed E-state index contributed by atoms with van der Waals surface area (Å²) in [5.74, 6) is 0.736. The third-order valence-electron chi connectivity index (χ3n) is 2.48. The van der Waals surface area contributed by atoms with Crippen molar-refractivity contribution in [3.63, 3.8) is 0 Å². The molecule has 0 amide bonds. The fraction of sp³-hybridized carbons (Fsp3) is 0.533. The second-order valence-corrected chi connectivity index (χ2v) is 3.86. The van der Waals surface area contributed by atoms with E-state index < -0.39 is 12.1 Å². The number of benzene rings is 1. The molecule has 1 atom stereocenters. The lowest BCUT2D eigenvalue weighted by Crippen LogP contribution is -2.24. The van der Waals surface area contributed by atoms with Crippen LogP contribution in [0.2, 0.25) is 0 Å². The molecule has 6 heteroatoms. The van der Waals surface area contributed by atoms with Crippen LogP contribution in [0.3, 0.4) is 0 Å². The van der Waals surface area contributed by atoms with Gasteiger partial charge in [-0.1, -0.05) is 13.8 Å². The second-order valence-electron chi connectivity index (χ2n) is 3.86. The number of methoxy groups -OCH3 is 2. The SMILES string of the molecule is CC.COC(=O)C(C)Oc1ccc(NCCN)c(OC)c1. The Hall–Kier alpha value is -1.95. The molecule has 0 aliphatic rings. The van der Waals surface area contributed by atoms with Crippen molar-refractivity contribution in [2.45, 2.75) is 26.9 Å². The Kier molecular flexibility index (Phi) is 9.79. The van der Waals surface area contributed by atoms with Crippen molar-refractivity contribution in [3.8, 4) is 11.5 Å². The normalized spacial score (nSPS) is 10.8. The first-order chi connectivity index (χ1) is 10.1. The first-order valence-corrected chi connectivity index (χ1v) is 6.98. The second kappa shape index (κ2) is 10.8. The number of ether oxygens (including phenoxy) is 3. The van der Waals surface area contributed by atoms with Crippen molar-refractivity contribution >= 4 is 11.7 Å². The first kappa shape index (κ1) is 19.1. The summed E-state index contributed by atoms with van der Waals surface area (Å²) in [7, 11) is 2.89. The number of hydrogen-bond donors (Lipinski definition) is 2. The summed E-state index contributed by atoms with van der Waals surface area (Å²) in [4.78, 5) is 11.3. The van der Waals surface area contributed by atoms with Crippen molar-refractivity contribution in [1.29, 1.82) is 0 Å². The highest BCUT2D eigenvalue weighted by Gasteiger charge is 2.15. The summed E-state index contributed by atoms with van der Waals surface area (Å²) in [6.45, 7) is 6.80. The molecule has 0 saturated heterocycles. The molecule has 120 valence electrons. The van der Waals surface area contributed by atoms with Gasteiger partial charge in [0.2, 0.25) is 0 Å². The average molecular weight is 298 g/mol. The molecular weight excluding hydrogens is 272 g/mol. The van der Waals surface area contributed by atoms with E-state index in [4.69, 9.17) is 15.2 Å². The number of rotatable bonds is 7. The van der Waals surface area contributed by atoms with Gasteiger partial charge in [-0.15, -0.1) is 0 Å². The van der Waals surface area contributed by atoms with Crippen molar-refractivity contribution < 1.29 is 19.0 Å². The van der Waals surface area contributed by atoms with E-state index in [9.17, 15) is 4.79 Å². The fourth-order valence-electron chi connectivity index (χ4n) is 1.52. The Morgan fingerprint density at radius 2 is 2.00 bits per heavy atom. The molecule has 1 aromatic carbocycles. The van der Waals surface area contributed by atoms with Gasteiger partial charge in [0.25, 0.3) is 0 Å². The first-order valence-electron chi connectivity index (χ1n) is 6.98. The van der Waals surface area contributed by atoms with Crippen LogP contribution in [0.25, 0.3) is 0 Å². The predicted molar refractivity (Wildman–Crippen MR) is 84.0 cm³/mol. The maximum absolute atomic E-state index is 11.3. The molecule has 0 spiro atoms. The van der Waals surface area contributed by atoms with Crippen LogP contribution in [0.4, 0.5) is 5.69 Å². The van der Waals surface area contributed by atoms with Gasteiger partial charge >= 0.3 is 5.97 Å². The standard InChI is InChI=1S/C13H20N2O4.C2H6/c1-9(13(16)18-3)19-10-4-5-11(15-7-6-14)12(8-10)17-2;1-2/h4-5,8-9,15H,6-7,14H2,1-3H3;1-2H3. The number of nitrogens with one attached hydrogen (secondary N) is 1. The number of hydrogen-bond acceptors (Lipinski definition) is 6. The molecule has 6 nitrogen and oxygen atoms in total. The summed E-state index contributed by atoms with van der Waals surface area (Å²) in [6.07, 6.45) is -0.669. The summed E-state index contributed by atoms with van der Waals surface area (Å²) in [6, 6.07) is 5.27. The molecule has 0 saturated carbocycles. The van der Waals surface area contributed by atoms with Crippen LogP contribution < -0.4 is 20.5 Å². The van der Waals surface area contributed by atoms with E-state index in [0.29, 0.717) is 24.6 Å². The monoisotopic (exact) mass is 298 g/mol. The van der Waals surface area contributed by atoms with Gasteiger partial charge in [-0.25, -0.2) is 4.79 Å². The molecular formula is C15H26N2O4. The highest BCUT2D eigenvalue weighted by molar-refractivity contribution is 5.74. The molecule has 1 rings (SSSR count). The maximum Gasteiger partial charge on any atom is 0.346 e. The Balaban J connectivity index is 0.00000191. The third-order valence-corrected chi connectivity index (χ3v) is 2.48. The highest BCUT2D eigenvalue weighted by atomic mass is 16.6. The van der Waals surface area contributed by atoms with Crippen LogP contribution in [-0.2, 0) is 9.53 Å². The fourth-order valence-corrected chi connectivity index (χ4v) is 1.52. The van der Waals surface area contributed by atoms with E-state index in [0.717, 1.165) is 5.69 Å². The number of anilines is 1.